The third-order valence-electron chi connectivity index (χ3n) is 7.50. The third-order valence-corrected chi connectivity index (χ3v) is 9.23. The maximum Gasteiger partial charge on any atom is 0.243 e. The van der Waals surface area contributed by atoms with Crippen molar-refractivity contribution in [3.8, 4) is 11.5 Å². The molecule has 1 aliphatic rings. The van der Waals surface area contributed by atoms with E-state index in [1.807, 2.05) is 68.4 Å². The molecule has 1 heterocycles. The van der Waals surface area contributed by atoms with Crippen LogP contribution < -0.4 is 19.1 Å². The highest BCUT2D eigenvalue weighted by Crippen LogP contribution is 2.35. The quantitative estimate of drug-likeness (QED) is 0.246. The fourth-order valence-corrected chi connectivity index (χ4v) is 6.19. The third kappa shape index (κ3) is 9.22. The van der Waals surface area contributed by atoms with E-state index in [4.69, 9.17) is 9.47 Å². The van der Waals surface area contributed by atoms with Gasteiger partial charge in [0.05, 0.1) is 11.9 Å². The number of carbonyl (C=O) groups is 2. The lowest BCUT2D eigenvalue weighted by molar-refractivity contribution is -0.141. The lowest BCUT2D eigenvalue weighted by Crippen LogP contribution is -2.52. The van der Waals surface area contributed by atoms with Gasteiger partial charge in [0.2, 0.25) is 21.8 Å². The van der Waals surface area contributed by atoms with Crippen LogP contribution in [-0.2, 0) is 32.6 Å². The SMILES string of the molecule is CC[C@@H](C)NC(=O)[C@@H](Cc1ccccc1)N(Cc1ccc(Br)cc1)C(=O)CCCN(c1ccc2c(c1)OCCO2)S(C)(=O)=O. The first-order valence-electron chi connectivity index (χ1n) is 14.8. The first-order valence-corrected chi connectivity index (χ1v) is 17.4. The molecule has 4 rings (SSSR count). The number of rotatable bonds is 14. The molecule has 0 aliphatic carbocycles. The van der Waals surface area contributed by atoms with Gasteiger partial charge in [0.25, 0.3) is 0 Å². The van der Waals surface area contributed by atoms with Gasteiger partial charge in [0.1, 0.15) is 19.3 Å². The molecule has 1 N–H and O–H groups in total. The Balaban J connectivity index is 1.58. The second-order valence-electron chi connectivity index (χ2n) is 10.9. The van der Waals surface area contributed by atoms with Gasteiger partial charge in [-0.2, -0.15) is 0 Å². The minimum absolute atomic E-state index is 0.0506. The van der Waals surface area contributed by atoms with Crippen LogP contribution in [0.3, 0.4) is 0 Å². The number of fused-ring (bicyclic) bond motifs is 1. The molecule has 3 aromatic carbocycles. The molecule has 1 aliphatic heterocycles. The molecular weight excluding hydrogens is 646 g/mol. The van der Waals surface area contributed by atoms with Gasteiger partial charge in [-0.05, 0) is 55.2 Å². The van der Waals surface area contributed by atoms with E-state index in [9.17, 15) is 18.0 Å². The number of benzene rings is 3. The van der Waals surface area contributed by atoms with Crippen molar-refractivity contribution in [1.82, 2.24) is 10.2 Å². The summed E-state index contributed by atoms with van der Waals surface area (Å²) in [5.74, 6) is 0.592. The largest absolute Gasteiger partial charge is 0.486 e. The summed E-state index contributed by atoms with van der Waals surface area (Å²) < 4.78 is 39.0. The minimum Gasteiger partial charge on any atom is -0.486 e. The number of hydrogen-bond donors (Lipinski definition) is 1. The Morgan fingerprint density at radius 3 is 2.30 bits per heavy atom. The predicted octanol–water partition coefficient (Wildman–Crippen LogP) is 5.32. The molecule has 0 saturated heterocycles. The molecule has 0 unspecified atom stereocenters. The summed E-state index contributed by atoms with van der Waals surface area (Å²) in [6, 6.07) is 21.5. The molecule has 3 aromatic rings. The predicted molar refractivity (Wildman–Crippen MR) is 175 cm³/mol. The number of sulfonamides is 1. The molecular formula is C33H40BrN3O6S. The highest BCUT2D eigenvalue weighted by molar-refractivity contribution is 9.10. The Hall–Kier alpha value is -3.57. The van der Waals surface area contributed by atoms with Crippen LogP contribution in [-0.4, -0.2) is 63.2 Å². The normalized spacial score (nSPS) is 13.9. The summed E-state index contributed by atoms with van der Waals surface area (Å²) in [6.45, 7) is 5.07. The van der Waals surface area contributed by atoms with Gasteiger partial charge in [-0.1, -0.05) is 65.3 Å². The molecule has 11 heteroatoms. The number of carbonyl (C=O) groups excluding carboxylic acids is 2. The monoisotopic (exact) mass is 685 g/mol. The first-order chi connectivity index (χ1) is 21.0. The lowest BCUT2D eigenvalue weighted by Gasteiger charge is -2.33. The molecule has 0 bridgehead atoms. The van der Waals surface area contributed by atoms with Crippen molar-refractivity contribution in [2.24, 2.45) is 0 Å². The fourth-order valence-electron chi connectivity index (χ4n) is 4.97. The van der Waals surface area contributed by atoms with Gasteiger partial charge in [-0.25, -0.2) is 8.42 Å². The van der Waals surface area contributed by atoms with Gasteiger partial charge in [0, 0.05) is 42.5 Å². The summed E-state index contributed by atoms with van der Waals surface area (Å²) in [5, 5.41) is 3.07. The Kier molecular flexibility index (Phi) is 11.7. The van der Waals surface area contributed by atoms with E-state index in [0.29, 0.717) is 36.8 Å². The van der Waals surface area contributed by atoms with Gasteiger partial charge >= 0.3 is 0 Å². The van der Waals surface area contributed by atoms with E-state index in [1.54, 1.807) is 23.1 Å². The lowest BCUT2D eigenvalue weighted by atomic mass is 10.0. The number of ether oxygens (including phenoxy) is 2. The second kappa shape index (κ2) is 15.4. The molecule has 0 fully saturated rings. The summed E-state index contributed by atoms with van der Waals surface area (Å²) >= 11 is 3.46. The van der Waals surface area contributed by atoms with E-state index in [0.717, 1.165) is 28.3 Å². The summed E-state index contributed by atoms with van der Waals surface area (Å²) in [7, 11) is -3.66. The maximum atomic E-state index is 14.0. The number of halogens is 1. The van der Waals surface area contributed by atoms with Crippen LogP contribution in [0.5, 0.6) is 11.5 Å². The molecule has 44 heavy (non-hydrogen) atoms. The smallest absolute Gasteiger partial charge is 0.243 e. The number of nitrogens with zero attached hydrogens (tertiary/aromatic N) is 2. The highest BCUT2D eigenvalue weighted by Gasteiger charge is 2.31. The summed E-state index contributed by atoms with van der Waals surface area (Å²) in [4.78, 5) is 29.3. The second-order valence-corrected chi connectivity index (χ2v) is 13.8. The Labute approximate surface area is 268 Å². The Morgan fingerprint density at radius 2 is 1.64 bits per heavy atom. The molecule has 0 radical (unpaired) electrons. The minimum atomic E-state index is -3.66. The van der Waals surface area contributed by atoms with Crippen molar-refractivity contribution >= 4 is 43.5 Å². The highest BCUT2D eigenvalue weighted by atomic mass is 79.9. The molecule has 236 valence electrons. The average molecular weight is 687 g/mol. The van der Waals surface area contributed by atoms with Crippen molar-refractivity contribution in [2.45, 2.75) is 58.2 Å². The maximum absolute atomic E-state index is 14.0. The molecule has 9 nitrogen and oxygen atoms in total. The number of anilines is 1. The Bertz CT molecular complexity index is 1520. The number of nitrogens with one attached hydrogen (secondary N) is 1. The zero-order valence-electron chi connectivity index (χ0n) is 25.4. The van der Waals surface area contributed by atoms with Crippen LogP contribution in [0.15, 0.2) is 77.3 Å². The van der Waals surface area contributed by atoms with Crippen LogP contribution in [0.4, 0.5) is 5.69 Å². The van der Waals surface area contributed by atoms with Crippen LogP contribution >= 0.6 is 15.9 Å². The zero-order valence-corrected chi connectivity index (χ0v) is 27.8. The van der Waals surface area contributed by atoms with Crippen molar-refractivity contribution in [2.75, 3.05) is 30.3 Å². The van der Waals surface area contributed by atoms with Gasteiger partial charge in [-0.15, -0.1) is 0 Å². The standard InChI is InChI=1S/C33H40BrN3O6S/c1-4-24(2)35-33(39)29(21-25-9-6-5-7-10-25)36(23-26-12-14-27(34)15-13-26)32(38)11-8-18-37(44(3,40)41)28-16-17-30-31(22-28)43-20-19-42-30/h5-7,9-10,12-17,22,24,29H,4,8,11,18-21,23H2,1-3H3,(H,35,39)/t24-,29-/m1/s1. The summed E-state index contributed by atoms with van der Waals surface area (Å²) in [6.07, 6.45) is 2.54. The fraction of sp³-hybridized carbons (Fsp3) is 0.394. The van der Waals surface area contributed by atoms with Crippen LogP contribution in [0.25, 0.3) is 0 Å². The molecule has 0 saturated carbocycles. The van der Waals surface area contributed by atoms with Crippen molar-refractivity contribution in [3.05, 3.63) is 88.4 Å². The zero-order chi connectivity index (χ0) is 31.7. The summed E-state index contributed by atoms with van der Waals surface area (Å²) in [5.41, 5.74) is 2.25. The van der Waals surface area contributed by atoms with Gasteiger partial charge in [-0.3, -0.25) is 13.9 Å². The van der Waals surface area contributed by atoms with Crippen LogP contribution in [0.1, 0.15) is 44.2 Å². The first kappa shape index (κ1) is 33.3. The van der Waals surface area contributed by atoms with E-state index in [-0.39, 0.29) is 43.8 Å². The van der Waals surface area contributed by atoms with E-state index in [1.165, 1.54) is 4.31 Å². The van der Waals surface area contributed by atoms with E-state index < -0.39 is 16.1 Å². The van der Waals surface area contributed by atoms with E-state index >= 15 is 0 Å². The van der Waals surface area contributed by atoms with E-state index in [2.05, 4.69) is 21.2 Å². The molecule has 2 amide bonds. The van der Waals surface area contributed by atoms with Gasteiger partial charge in [0.15, 0.2) is 11.5 Å². The average Bonchev–Trinajstić information content (AvgIpc) is 3.01. The molecule has 0 spiro atoms. The molecule has 2 atom stereocenters. The molecule has 0 aromatic heterocycles. The van der Waals surface area contributed by atoms with Crippen LogP contribution in [0, 0.1) is 0 Å². The van der Waals surface area contributed by atoms with Crippen molar-refractivity contribution in [3.63, 3.8) is 0 Å². The van der Waals surface area contributed by atoms with Gasteiger partial charge < -0.3 is 19.7 Å². The number of amides is 2. The Morgan fingerprint density at radius 1 is 0.955 bits per heavy atom. The van der Waals surface area contributed by atoms with Crippen molar-refractivity contribution < 1.29 is 27.5 Å². The topological polar surface area (TPSA) is 105 Å². The van der Waals surface area contributed by atoms with Crippen molar-refractivity contribution in [1.29, 1.82) is 0 Å². The number of hydrogen-bond acceptors (Lipinski definition) is 6. The van der Waals surface area contributed by atoms with Crippen LogP contribution in [0.2, 0.25) is 0 Å².